The highest BCUT2D eigenvalue weighted by molar-refractivity contribution is 6.32. The van der Waals surface area contributed by atoms with Gasteiger partial charge in [-0.3, -0.25) is 0 Å². The second kappa shape index (κ2) is 5.63. The van der Waals surface area contributed by atoms with Crippen molar-refractivity contribution in [1.82, 2.24) is 0 Å². The molecule has 0 amide bonds. The van der Waals surface area contributed by atoms with Crippen molar-refractivity contribution in [2.75, 3.05) is 0 Å². The van der Waals surface area contributed by atoms with Crippen molar-refractivity contribution in [3.05, 3.63) is 58.6 Å². The van der Waals surface area contributed by atoms with Gasteiger partial charge in [0.05, 0.1) is 16.1 Å². The molecule has 0 bridgehead atoms. The van der Waals surface area contributed by atoms with E-state index in [0.29, 0.717) is 10.8 Å². The SMILES string of the molecule is O=C(O)c1cc(Oc2ccccc2Cl)cc(C(=O)O)c1. The van der Waals surface area contributed by atoms with Crippen LogP contribution in [0.25, 0.3) is 0 Å². The molecule has 5 nitrogen and oxygen atoms in total. The molecule has 2 aromatic rings. The lowest BCUT2D eigenvalue weighted by atomic mass is 10.1. The summed E-state index contributed by atoms with van der Waals surface area (Å²) in [5.74, 6) is -2.07. The molecule has 0 saturated carbocycles. The molecular formula is C14H9ClO5. The third kappa shape index (κ3) is 3.07. The maximum Gasteiger partial charge on any atom is 0.335 e. The summed E-state index contributed by atoms with van der Waals surface area (Å²) in [5.41, 5.74) is -0.348. The average molecular weight is 293 g/mol. The van der Waals surface area contributed by atoms with Crippen molar-refractivity contribution < 1.29 is 24.5 Å². The summed E-state index contributed by atoms with van der Waals surface area (Å²) in [4.78, 5) is 21.9. The number of para-hydroxylation sites is 1. The van der Waals surface area contributed by atoms with Gasteiger partial charge in [0.15, 0.2) is 0 Å². The Labute approximate surface area is 119 Å². The highest BCUT2D eigenvalue weighted by Gasteiger charge is 2.13. The summed E-state index contributed by atoms with van der Waals surface area (Å²) < 4.78 is 5.43. The lowest BCUT2D eigenvalue weighted by Gasteiger charge is -2.09. The van der Waals surface area contributed by atoms with E-state index in [4.69, 9.17) is 26.6 Å². The zero-order valence-electron chi connectivity index (χ0n) is 10.0. The van der Waals surface area contributed by atoms with E-state index in [2.05, 4.69) is 0 Å². The first kappa shape index (κ1) is 13.9. The third-order valence-corrected chi connectivity index (χ3v) is 2.78. The molecule has 0 aliphatic carbocycles. The predicted molar refractivity (Wildman–Crippen MR) is 71.9 cm³/mol. The van der Waals surface area contributed by atoms with E-state index < -0.39 is 11.9 Å². The number of rotatable bonds is 4. The van der Waals surface area contributed by atoms with E-state index in [1.165, 1.54) is 12.1 Å². The minimum atomic E-state index is -1.24. The summed E-state index contributed by atoms with van der Waals surface area (Å²) in [7, 11) is 0. The number of carbonyl (C=O) groups is 2. The van der Waals surface area contributed by atoms with Crippen molar-refractivity contribution >= 4 is 23.5 Å². The smallest absolute Gasteiger partial charge is 0.335 e. The Morgan fingerprint density at radius 1 is 0.950 bits per heavy atom. The number of carboxylic acid groups (broad SMARTS) is 2. The van der Waals surface area contributed by atoms with Crippen LogP contribution < -0.4 is 4.74 Å². The standard InChI is InChI=1S/C14H9ClO5/c15-11-3-1-2-4-12(11)20-10-6-8(13(16)17)5-9(7-10)14(18)19/h1-7H,(H,16,17)(H,18,19). The molecule has 0 unspecified atom stereocenters. The Bertz CT molecular complexity index is 649. The van der Waals surface area contributed by atoms with Gasteiger partial charge < -0.3 is 14.9 Å². The quantitative estimate of drug-likeness (QED) is 0.900. The first-order chi connectivity index (χ1) is 9.47. The fourth-order valence-electron chi connectivity index (χ4n) is 1.56. The molecule has 0 heterocycles. The maximum absolute atomic E-state index is 11.0. The van der Waals surface area contributed by atoms with Crippen molar-refractivity contribution in [2.24, 2.45) is 0 Å². The van der Waals surface area contributed by atoms with Crippen LogP contribution in [0, 0.1) is 0 Å². The summed E-state index contributed by atoms with van der Waals surface area (Å²) >= 11 is 5.92. The predicted octanol–water partition coefficient (Wildman–Crippen LogP) is 3.53. The lowest BCUT2D eigenvalue weighted by Crippen LogP contribution is -2.03. The van der Waals surface area contributed by atoms with Crippen LogP contribution in [-0.2, 0) is 0 Å². The van der Waals surface area contributed by atoms with Gasteiger partial charge in [-0.2, -0.15) is 0 Å². The molecule has 0 spiro atoms. The Morgan fingerprint density at radius 3 is 2.00 bits per heavy atom. The van der Waals surface area contributed by atoms with Crippen LogP contribution >= 0.6 is 11.6 Å². The maximum atomic E-state index is 11.0. The highest BCUT2D eigenvalue weighted by Crippen LogP contribution is 2.30. The van der Waals surface area contributed by atoms with Crippen molar-refractivity contribution in [3.8, 4) is 11.5 Å². The van der Waals surface area contributed by atoms with Crippen LogP contribution in [0.5, 0.6) is 11.5 Å². The first-order valence-corrected chi connectivity index (χ1v) is 5.89. The van der Waals surface area contributed by atoms with Crippen LogP contribution in [0.4, 0.5) is 0 Å². The molecule has 0 aliphatic rings. The minimum Gasteiger partial charge on any atom is -0.478 e. The first-order valence-electron chi connectivity index (χ1n) is 5.51. The fourth-order valence-corrected chi connectivity index (χ4v) is 1.73. The normalized spacial score (nSPS) is 10.1. The molecule has 6 heteroatoms. The van der Waals surface area contributed by atoms with Crippen molar-refractivity contribution in [2.45, 2.75) is 0 Å². The lowest BCUT2D eigenvalue weighted by molar-refractivity contribution is 0.0696. The Hall–Kier alpha value is -2.53. The largest absolute Gasteiger partial charge is 0.478 e. The molecule has 0 fully saturated rings. The minimum absolute atomic E-state index is 0.0930. The molecule has 2 aromatic carbocycles. The Morgan fingerprint density at radius 2 is 1.50 bits per heavy atom. The summed E-state index contributed by atoms with van der Waals surface area (Å²) in [6.45, 7) is 0. The van der Waals surface area contributed by atoms with Crippen LogP contribution in [0.15, 0.2) is 42.5 Å². The van der Waals surface area contributed by atoms with E-state index in [1.54, 1.807) is 24.3 Å². The molecule has 0 radical (unpaired) electrons. The van der Waals surface area contributed by atoms with Crippen LogP contribution in [-0.4, -0.2) is 22.2 Å². The molecular weight excluding hydrogens is 284 g/mol. The van der Waals surface area contributed by atoms with Gasteiger partial charge in [-0.25, -0.2) is 9.59 Å². The van der Waals surface area contributed by atoms with Gasteiger partial charge in [-0.1, -0.05) is 23.7 Å². The van der Waals surface area contributed by atoms with Gasteiger partial charge in [-0.05, 0) is 30.3 Å². The van der Waals surface area contributed by atoms with Crippen LogP contribution in [0.1, 0.15) is 20.7 Å². The van der Waals surface area contributed by atoms with E-state index in [1.807, 2.05) is 0 Å². The zero-order valence-corrected chi connectivity index (χ0v) is 10.8. The van der Waals surface area contributed by atoms with Crippen molar-refractivity contribution in [3.63, 3.8) is 0 Å². The number of hydrogen-bond acceptors (Lipinski definition) is 3. The number of ether oxygens (including phenoxy) is 1. The van der Waals surface area contributed by atoms with E-state index in [9.17, 15) is 9.59 Å². The molecule has 0 atom stereocenters. The molecule has 0 saturated heterocycles. The highest BCUT2D eigenvalue weighted by atomic mass is 35.5. The Balaban J connectivity index is 2.43. The fraction of sp³-hybridized carbons (Fsp3) is 0. The zero-order chi connectivity index (χ0) is 14.7. The van der Waals surface area contributed by atoms with Gasteiger partial charge in [0.25, 0.3) is 0 Å². The number of benzene rings is 2. The molecule has 0 aliphatic heterocycles. The summed E-state index contributed by atoms with van der Waals surface area (Å²) in [6.07, 6.45) is 0. The average Bonchev–Trinajstić information content (AvgIpc) is 2.41. The van der Waals surface area contributed by atoms with Crippen molar-refractivity contribution in [1.29, 1.82) is 0 Å². The number of halogens is 1. The second-order valence-corrected chi connectivity index (χ2v) is 4.30. The Kier molecular flexibility index (Phi) is 3.91. The number of hydrogen-bond donors (Lipinski definition) is 2. The third-order valence-electron chi connectivity index (χ3n) is 2.46. The second-order valence-electron chi connectivity index (χ2n) is 3.89. The molecule has 102 valence electrons. The molecule has 2 N–H and O–H groups in total. The summed E-state index contributed by atoms with van der Waals surface area (Å²) in [5, 5.41) is 18.3. The van der Waals surface area contributed by atoms with E-state index in [-0.39, 0.29) is 16.9 Å². The molecule has 2 rings (SSSR count). The van der Waals surface area contributed by atoms with Gasteiger partial charge in [0, 0.05) is 0 Å². The van der Waals surface area contributed by atoms with Gasteiger partial charge in [0.2, 0.25) is 0 Å². The van der Waals surface area contributed by atoms with E-state index in [0.717, 1.165) is 6.07 Å². The van der Waals surface area contributed by atoms with Crippen LogP contribution in [0.3, 0.4) is 0 Å². The number of aromatic carboxylic acids is 2. The van der Waals surface area contributed by atoms with E-state index >= 15 is 0 Å². The van der Waals surface area contributed by atoms with Crippen LogP contribution in [0.2, 0.25) is 5.02 Å². The molecule has 20 heavy (non-hydrogen) atoms. The number of carboxylic acids is 2. The van der Waals surface area contributed by atoms with Gasteiger partial charge in [-0.15, -0.1) is 0 Å². The summed E-state index contributed by atoms with van der Waals surface area (Å²) in [6, 6.07) is 10.1. The van der Waals surface area contributed by atoms with Gasteiger partial charge in [0.1, 0.15) is 11.5 Å². The monoisotopic (exact) mass is 292 g/mol. The molecule has 0 aromatic heterocycles. The topological polar surface area (TPSA) is 83.8 Å². The van der Waals surface area contributed by atoms with Gasteiger partial charge >= 0.3 is 11.9 Å².